The highest BCUT2D eigenvalue weighted by atomic mass is 19.5. The second-order valence-corrected chi connectivity index (χ2v) is 3.47. The summed E-state index contributed by atoms with van der Waals surface area (Å²) >= 11 is 0. The SMILES string of the molecule is COC[N+]1(COC)CCC1.F[B-](F)(F)F. The van der Waals surface area contributed by atoms with Crippen LogP contribution < -0.4 is 0 Å². The number of likely N-dealkylation sites (tertiary alicyclic amines) is 1. The summed E-state index contributed by atoms with van der Waals surface area (Å²) in [6.45, 7) is 4.02. The maximum atomic E-state index is 9.75. The van der Waals surface area contributed by atoms with Crippen molar-refractivity contribution in [2.75, 3.05) is 40.8 Å². The Bertz CT molecular complexity index is 161. The van der Waals surface area contributed by atoms with Crippen LogP contribution in [0.1, 0.15) is 6.42 Å². The molecular weight excluding hydrogens is 217 g/mol. The van der Waals surface area contributed by atoms with Gasteiger partial charge in [-0.15, -0.1) is 0 Å². The van der Waals surface area contributed by atoms with Crippen molar-refractivity contribution in [2.24, 2.45) is 0 Å². The quantitative estimate of drug-likeness (QED) is 0.418. The second kappa shape index (κ2) is 6.29. The minimum atomic E-state index is -6.00. The number of nitrogens with zero attached hydrogens (tertiary/aromatic N) is 1. The topological polar surface area (TPSA) is 18.5 Å². The second-order valence-electron chi connectivity index (χ2n) is 3.47. The van der Waals surface area contributed by atoms with E-state index < -0.39 is 7.25 Å². The molecule has 0 saturated carbocycles. The van der Waals surface area contributed by atoms with Gasteiger partial charge in [0.05, 0.1) is 13.1 Å². The molecular formula is C7H16BF4NO2. The van der Waals surface area contributed by atoms with Crippen molar-refractivity contribution < 1.29 is 31.2 Å². The highest BCUT2D eigenvalue weighted by molar-refractivity contribution is 6.50. The fourth-order valence-electron chi connectivity index (χ4n) is 1.45. The number of quaternary nitrogens is 1. The zero-order valence-corrected chi connectivity index (χ0v) is 8.89. The normalized spacial score (nSPS) is 18.8. The van der Waals surface area contributed by atoms with Crippen molar-refractivity contribution in [2.45, 2.75) is 6.42 Å². The summed E-state index contributed by atoms with van der Waals surface area (Å²) in [7, 11) is -2.51. The van der Waals surface area contributed by atoms with E-state index in [9.17, 15) is 17.3 Å². The molecule has 1 rings (SSSR count). The molecule has 0 aromatic carbocycles. The van der Waals surface area contributed by atoms with E-state index in [0.29, 0.717) is 0 Å². The van der Waals surface area contributed by atoms with E-state index in [1.807, 2.05) is 0 Å². The van der Waals surface area contributed by atoms with Crippen LogP contribution in [0.2, 0.25) is 0 Å². The van der Waals surface area contributed by atoms with Gasteiger partial charge in [0, 0.05) is 20.6 Å². The van der Waals surface area contributed by atoms with Crippen molar-refractivity contribution in [1.82, 2.24) is 0 Å². The minimum Gasteiger partial charge on any atom is -0.418 e. The van der Waals surface area contributed by atoms with E-state index >= 15 is 0 Å². The fourth-order valence-corrected chi connectivity index (χ4v) is 1.45. The number of halogens is 4. The third-order valence-corrected chi connectivity index (χ3v) is 2.07. The van der Waals surface area contributed by atoms with Crippen LogP contribution in [0.3, 0.4) is 0 Å². The largest absolute Gasteiger partial charge is 0.673 e. The summed E-state index contributed by atoms with van der Waals surface area (Å²) in [6.07, 6.45) is 1.31. The molecule has 0 atom stereocenters. The van der Waals surface area contributed by atoms with Crippen LogP contribution in [0.4, 0.5) is 17.3 Å². The van der Waals surface area contributed by atoms with E-state index in [4.69, 9.17) is 9.47 Å². The first-order valence-electron chi connectivity index (χ1n) is 4.53. The number of rotatable bonds is 4. The fraction of sp³-hybridized carbons (Fsp3) is 1.00. The minimum absolute atomic E-state index is 0.799. The average molecular weight is 233 g/mol. The lowest BCUT2D eigenvalue weighted by Gasteiger charge is -2.43. The Labute approximate surface area is 86.6 Å². The molecule has 0 unspecified atom stereocenters. The molecule has 3 nitrogen and oxygen atoms in total. The molecule has 0 radical (unpaired) electrons. The van der Waals surface area contributed by atoms with Gasteiger partial charge >= 0.3 is 7.25 Å². The Kier molecular flexibility index (Phi) is 6.15. The van der Waals surface area contributed by atoms with E-state index in [1.54, 1.807) is 14.2 Å². The van der Waals surface area contributed by atoms with E-state index in [-0.39, 0.29) is 0 Å². The van der Waals surface area contributed by atoms with Crippen LogP contribution in [-0.2, 0) is 9.47 Å². The number of methoxy groups -OCH3 is 2. The average Bonchev–Trinajstić information content (AvgIpc) is 1.98. The maximum Gasteiger partial charge on any atom is 0.673 e. The van der Waals surface area contributed by atoms with Gasteiger partial charge in [0.1, 0.15) is 0 Å². The van der Waals surface area contributed by atoms with Crippen molar-refractivity contribution in [3.05, 3.63) is 0 Å². The molecule has 1 aliphatic heterocycles. The van der Waals surface area contributed by atoms with Gasteiger partial charge in [0.2, 0.25) is 0 Å². The summed E-state index contributed by atoms with van der Waals surface area (Å²) in [4.78, 5) is 0. The molecule has 1 fully saturated rings. The zero-order valence-electron chi connectivity index (χ0n) is 8.89. The van der Waals surface area contributed by atoms with Gasteiger partial charge in [-0.1, -0.05) is 0 Å². The number of hydrogen-bond acceptors (Lipinski definition) is 2. The van der Waals surface area contributed by atoms with Crippen LogP contribution in [-0.4, -0.2) is 52.5 Å². The highest BCUT2D eigenvalue weighted by Crippen LogP contribution is 2.18. The van der Waals surface area contributed by atoms with Crippen LogP contribution in [0.15, 0.2) is 0 Å². The van der Waals surface area contributed by atoms with Gasteiger partial charge in [0.15, 0.2) is 13.5 Å². The van der Waals surface area contributed by atoms with Gasteiger partial charge in [-0.2, -0.15) is 0 Å². The summed E-state index contributed by atoms with van der Waals surface area (Å²) in [6, 6.07) is 0. The van der Waals surface area contributed by atoms with Crippen LogP contribution >= 0.6 is 0 Å². The summed E-state index contributed by atoms with van der Waals surface area (Å²) in [5.41, 5.74) is 0. The van der Waals surface area contributed by atoms with Crippen molar-refractivity contribution in [3.8, 4) is 0 Å². The van der Waals surface area contributed by atoms with Crippen LogP contribution in [0.25, 0.3) is 0 Å². The van der Waals surface area contributed by atoms with Crippen LogP contribution in [0, 0.1) is 0 Å². The van der Waals surface area contributed by atoms with Gasteiger partial charge < -0.3 is 26.7 Å². The van der Waals surface area contributed by atoms with E-state index in [2.05, 4.69) is 0 Å². The Morgan fingerprint density at radius 2 is 1.33 bits per heavy atom. The summed E-state index contributed by atoms with van der Waals surface area (Å²) in [5, 5.41) is 0. The van der Waals surface area contributed by atoms with E-state index in [1.165, 1.54) is 19.5 Å². The molecule has 0 spiro atoms. The van der Waals surface area contributed by atoms with Crippen molar-refractivity contribution in [3.63, 3.8) is 0 Å². The molecule has 1 heterocycles. The predicted octanol–water partition coefficient (Wildman–Crippen LogP) is 1.71. The van der Waals surface area contributed by atoms with Gasteiger partial charge in [0.25, 0.3) is 0 Å². The lowest BCUT2D eigenvalue weighted by atomic mass is 10.2. The first-order chi connectivity index (χ1) is 6.83. The van der Waals surface area contributed by atoms with E-state index in [0.717, 1.165) is 17.9 Å². The molecule has 0 amide bonds. The molecule has 1 saturated heterocycles. The third kappa shape index (κ3) is 7.58. The van der Waals surface area contributed by atoms with Gasteiger partial charge in [-0.25, -0.2) is 0 Å². The highest BCUT2D eigenvalue weighted by Gasteiger charge is 2.34. The molecule has 15 heavy (non-hydrogen) atoms. The monoisotopic (exact) mass is 233 g/mol. The smallest absolute Gasteiger partial charge is 0.418 e. The maximum absolute atomic E-state index is 9.75. The Balaban J connectivity index is 0.000000336. The van der Waals surface area contributed by atoms with Gasteiger partial charge in [-0.3, -0.25) is 4.48 Å². The molecule has 0 bridgehead atoms. The molecule has 8 heteroatoms. The number of ether oxygens (including phenoxy) is 2. The van der Waals surface area contributed by atoms with Gasteiger partial charge in [-0.05, 0) is 0 Å². The third-order valence-electron chi connectivity index (χ3n) is 2.07. The zero-order chi connectivity index (χ0) is 11.9. The molecule has 0 aromatic rings. The molecule has 1 aliphatic rings. The molecule has 0 N–H and O–H groups in total. The lowest BCUT2D eigenvalue weighted by Crippen LogP contribution is -2.59. The first-order valence-corrected chi connectivity index (χ1v) is 4.53. The van der Waals surface area contributed by atoms with Crippen molar-refractivity contribution in [1.29, 1.82) is 0 Å². The summed E-state index contributed by atoms with van der Waals surface area (Å²) < 4.78 is 50.2. The Morgan fingerprint density at radius 1 is 1.00 bits per heavy atom. The lowest BCUT2D eigenvalue weighted by molar-refractivity contribution is -0.994. The summed E-state index contributed by atoms with van der Waals surface area (Å²) in [5.74, 6) is 0. The Hall–Kier alpha value is -0.335. The van der Waals surface area contributed by atoms with Crippen LogP contribution in [0.5, 0.6) is 0 Å². The van der Waals surface area contributed by atoms with Crippen molar-refractivity contribution >= 4 is 7.25 Å². The Morgan fingerprint density at radius 3 is 1.47 bits per heavy atom. The molecule has 0 aromatic heterocycles. The predicted molar refractivity (Wildman–Crippen MR) is 48.5 cm³/mol. The number of hydrogen-bond donors (Lipinski definition) is 0. The molecule has 0 aliphatic carbocycles. The first kappa shape index (κ1) is 14.7. The molecule has 92 valence electrons. The standard InChI is InChI=1S/C7H16NO2.BF4/c1-9-6-8(7-10-2)4-3-5-8;2-1(3,4)5/h3-7H2,1-2H3;/q+1;-1.